The summed E-state index contributed by atoms with van der Waals surface area (Å²) in [7, 11) is 0. The number of thiocarbonyl (C=S) groups is 1. The molecule has 2 rings (SSSR count). The van der Waals surface area contributed by atoms with Crippen LogP contribution in [0.1, 0.15) is 32.8 Å². The van der Waals surface area contributed by atoms with Gasteiger partial charge in [-0.15, -0.1) is 0 Å². The smallest absolute Gasteiger partial charge is 0.251 e. The Morgan fingerprint density at radius 2 is 2.15 bits per heavy atom. The van der Waals surface area contributed by atoms with E-state index in [4.69, 9.17) is 23.8 Å². The van der Waals surface area contributed by atoms with Crippen LogP contribution in [0.25, 0.3) is 0 Å². The Labute approximate surface area is 130 Å². The summed E-state index contributed by atoms with van der Waals surface area (Å²) >= 11 is 11.3. The second kappa shape index (κ2) is 5.70. The van der Waals surface area contributed by atoms with Gasteiger partial charge in [-0.2, -0.15) is 0 Å². The van der Waals surface area contributed by atoms with Gasteiger partial charge >= 0.3 is 0 Å². The lowest BCUT2D eigenvalue weighted by Gasteiger charge is -2.34. The van der Waals surface area contributed by atoms with Crippen molar-refractivity contribution in [3.8, 4) is 0 Å². The van der Waals surface area contributed by atoms with Crippen molar-refractivity contribution < 1.29 is 4.79 Å². The Morgan fingerprint density at radius 3 is 2.75 bits per heavy atom. The summed E-state index contributed by atoms with van der Waals surface area (Å²) in [4.78, 5) is 14.2. The third kappa shape index (κ3) is 2.96. The molecular formula is C15H19ClN2OS. The molecular weight excluding hydrogens is 292 g/mol. The molecule has 1 heterocycles. The first-order chi connectivity index (χ1) is 9.33. The largest absolute Gasteiger partial charge is 0.330 e. The lowest BCUT2D eigenvalue weighted by Crippen LogP contribution is -2.47. The fraction of sp³-hybridized carbons (Fsp3) is 0.467. The number of benzene rings is 1. The Hall–Kier alpha value is -1.13. The van der Waals surface area contributed by atoms with E-state index in [1.54, 1.807) is 0 Å². The highest BCUT2D eigenvalue weighted by atomic mass is 35.5. The number of carbonyl (C=O) groups is 1. The fourth-order valence-electron chi connectivity index (χ4n) is 2.71. The highest BCUT2D eigenvalue weighted by Crippen LogP contribution is 2.30. The topological polar surface area (TPSA) is 32.3 Å². The Morgan fingerprint density at radius 1 is 1.45 bits per heavy atom. The van der Waals surface area contributed by atoms with E-state index < -0.39 is 5.54 Å². The first-order valence-electron chi connectivity index (χ1n) is 6.70. The van der Waals surface area contributed by atoms with E-state index in [1.165, 1.54) is 0 Å². The third-order valence-electron chi connectivity index (χ3n) is 3.59. The average molecular weight is 311 g/mol. The van der Waals surface area contributed by atoms with Gasteiger partial charge in [-0.25, -0.2) is 0 Å². The van der Waals surface area contributed by atoms with Crippen molar-refractivity contribution in [2.45, 2.75) is 39.3 Å². The quantitative estimate of drug-likeness (QED) is 0.866. The van der Waals surface area contributed by atoms with Crippen LogP contribution in [-0.4, -0.2) is 21.5 Å². The highest BCUT2D eigenvalue weighted by molar-refractivity contribution is 7.80. The zero-order chi connectivity index (χ0) is 14.9. The van der Waals surface area contributed by atoms with Crippen molar-refractivity contribution in [1.29, 1.82) is 0 Å². The molecule has 3 nitrogen and oxygen atoms in total. The molecule has 5 heteroatoms. The van der Waals surface area contributed by atoms with Gasteiger partial charge in [-0.05, 0) is 49.2 Å². The van der Waals surface area contributed by atoms with Crippen LogP contribution in [0.15, 0.2) is 24.3 Å². The van der Waals surface area contributed by atoms with Crippen LogP contribution in [0, 0.1) is 5.92 Å². The number of nitrogens with one attached hydrogen (secondary N) is 1. The summed E-state index contributed by atoms with van der Waals surface area (Å²) < 4.78 is 0. The van der Waals surface area contributed by atoms with E-state index in [2.05, 4.69) is 19.2 Å². The molecule has 0 radical (unpaired) electrons. The lowest BCUT2D eigenvalue weighted by atomic mass is 9.89. The van der Waals surface area contributed by atoms with Crippen molar-refractivity contribution in [2.75, 3.05) is 0 Å². The maximum absolute atomic E-state index is 12.2. The molecule has 1 unspecified atom stereocenters. The summed E-state index contributed by atoms with van der Waals surface area (Å²) in [6.45, 7) is 6.75. The molecule has 0 saturated carbocycles. The molecule has 0 aromatic heterocycles. The molecule has 0 aliphatic carbocycles. The molecule has 108 valence electrons. The fourth-order valence-corrected chi connectivity index (χ4v) is 3.28. The molecule has 1 aromatic rings. The predicted octanol–water partition coefficient (Wildman–Crippen LogP) is 3.36. The van der Waals surface area contributed by atoms with Gasteiger partial charge in [-0.1, -0.05) is 37.6 Å². The number of halogens is 1. The number of carbonyl (C=O) groups excluding carboxylic acids is 1. The number of rotatable bonds is 4. The van der Waals surface area contributed by atoms with Crippen LogP contribution in [0.5, 0.6) is 0 Å². The second-order valence-corrected chi connectivity index (χ2v) is 6.67. The van der Waals surface area contributed by atoms with E-state index in [0.29, 0.717) is 22.6 Å². The molecule has 1 aliphatic rings. The Kier molecular flexibility index (Phi) is 4.35. The molecule has 1 N–H and O–H groups in total. The van der Waals surface area contributed by atoms with Gasteiger partial charge in [0.25, 0.3) is 5.91 Å². The number of hydrogen-bond acceptors (Lipinski definition) is 2. The Balaban J connectivity index is 2.27. The van der Waals surface area contributed by atoms with Crippen LogP contribution in [-0.2, 0) is 11.3 Å². The average Bonchev–Trinajstić information content (AvgIpc) is 2.52. The van der Waals surface area contributed by atoms with Crippen molar-refractivity contribution in [2.24, 2.45) is 5.92 Å². The maximum atomic E-state index is 12.2. The molecule has 1 amide bonds. The van der Waals surface area contributed by atoms with Crippen LogP contribution < -0.4 is 5.32 Å². The summed E-state index contributed by atoms with van der Waals surface area (Å²) in [5.41, 5.74) is 0.458. The molecule has 1 saturated heterocycles. The standard InChI is InChI=1S/C15H19ClN2OS/c1-10(2)8-15(3)13(19)17-14(20)18(15)9-11-5-4-6-12(16)7-11/h4-7,10H,8-9H2,1-3H3,(H,17,19,20). The van der Waals surface area contributed by atoms with E-state index in [-0.39, 0.29) is 5.91 Å². The zero-order valence-corrected chi connectivity index (χ0v) is 13.5. The van der Waals surface area contributed by atoms with E-state index >= 15 is 0 Å². The van der Waals surface area contributed by atoms with Crippen LogP contribution in [0.3, 0.4) is 0 Å². The lowest BCUT2D eigenvalue weighted by molar-refractivity contribution is -0.126. The Bertz CT molecular complexity index is 546. The minimum Gasteiger partial charge on any atom is -0.330 e. The SMILES string of the molecule is CC(C)CC1(C)C(=O)NC(=S)N1Cc1cccc(Cl)c1. The van der Waals surface area contributed by atoms with Gasteiger partial charge in [0.1, 0.15) is 5.54 Å². The number of hydrogen-bond donors (Lipinski definition) is 1. The van der Waals surface area contributed by atoms with E-state index in [1.807, 2.05) is 36.1 Å². The van der Waals surface area contributed by atoms with Crippen molar-refractivity contribution in [3.63, 3.8) is 0 Å². The second-order valence-electron chi connectivity index (χ2n) is 5.85. The van der Waals surface area contributed by atoms with Crippen molar-refractivity contribution in [1.82, 2.24) is 10.2 Å². The van der Waals surface area contributed by atoms with Crippen molar-refractivity contribution in [3.05, 3.63) is 34.9 Å². The van der Waals surface area contributed by atoms with E-state index in [0.717, 1.165) is 12.0 Å². The monoisotopic (exact) mass is 310 g/mol. The van der Waals surface area contributed by atoms with Gasteiger partial charge in [0.05, 0.1) is 0 Å². The van der Waals surface area contributed by atoms with Crippen LogP contribution in [0.4, 0.5) is 0 Å². The molecule has 1 fully saturated rings. The van der Waals surface area contributed by atoms with Crippen LogP contribution >= 0.6 is 23.8 Å². The molecule has 20 heavy (non-hydrogen) atoms. The van der Waals surface area contributed by atoms with Gasteiger partial charge < -0.3 is 10.2 Å². The molecule has 1 aliphatic heterocycles. The first kappa shape index (κ1) is 15.3. The zero-order valence-electron chi connectivity index (χ0n) is 11.9. The summed E-state index contributed by atoms with van der Waals surface area (Å²) in [6, 6.07) is 7.64. The minimum absolute atomic E-state index is 0.0155. The van der Waals surface area contributed by atoms with Crippen molar-refractivity contribution >= 4 is 34.8 Å². The number of amides is 1. The van der Waals surface area contributed by atoms with Gasteiger partial charge in [-0.3, -0.25) is 4.79 Å². The maximum Gasteiger partial charge on any atom is 0.251 e. The molecule has 1 aromatic carbocycles. The van der Waals surface area contributed by atoms with E-state index in [9.17, 15) is 4.79 Å². The number of nitrogens with zero attached hydrogens (tertiary/aromatic N) is 1. The highest BCUT2D eigenvalue weighted by Gasteiger charge is 2.47. The minimum atomic E-state index is -0.590. The predicted molar refractivity (Wildman–Crippen MR) is 85.6 cm³/mol. The normalized spacial score (nSPS) is 22.6. The first-order valence-corrected chi connectivity index (χ1v) is 7.49. The van der Waals surface area contributed by atoms with Gasteiger partial charge in [0.2, 0.25) is 0 Å². The summed E-state index contributed by atoms with van der Waals surface area (Å²) in [5.74, 6) is 0.395. The molecule has 0 bridgehead atoms. The third-order valence-corrected chi connectivity index (χ3v) is 4.14. The molecule has 1 atom stereocenters. The summed E-state index contributed by atoms with van der Waals surface area (Å²) in [6.07, 6.45) is 0.763. The molecule has 0 spiro atoms. The van der Waals surface area contributed by atoms with Crippen LogP contribution in [0.2, 0.25) is 5.02 Å². The van der Waals surface area contributed by atoms with Gasteiger partial charge in [0, 0.05) is 11.6 Å². The summed E-state index contributed by atoms with van der Waals surface area (Å²) in [5, 5.41) is 3.97. The van der Waals surface area contributed by atoms with Gasteiger partial charge in [0.15, 0.2) is 5.11 Å².